The van der Waals surface area contributed by atoms with Crippen molar-refractivity contribution in [1.29, 1.82) is 0 Å². The average Bonchev–Trinajstić information content (AvgIpc) is 3.10. The number of aliphatic hydroxyl groups excluding tert-OH is 2. The highest BCUT2D eigenvalue weighted by atomic mass is 16.6. The van der Waals surface area contributed by atoms with E-state index in [4.69, 9.17) is 33.2 Å². The van der Waals surface area contributed by atoms with Crippen LogP contribution in [0.3, 0.4) is 0 Å². The zero-order valence-electron chi connectivity index (χ0n) is 35.4. The Morgan fingerprint density at radius 2 is 1.29 bits per heavy atom. The van der Waals surface area contributed by atoms with E-state index in [-0.39, 0.29) is 45.1 Å². The fraction of sp³-hybridized carbons (Fsp3) is 0.872. The molecule has 0 radical (unpaired) electrons. The van der Waals surface area contributed by atoms with Crippen molar-refractivity contribution in [2.45, 2.75) is 162 Å². The van der Waals surface area contributed by atoms with Gasteiger partial charge in [-0.3, -0.25) is 24.0 Å². The van der Waals surface area contributed by atoms with Gasteiger partial charge in [0.1, 0.15) is 11.7 Å². The SMILES string of the molecule is CCC[C@@H]([C@@H](OC(C)=O)[C@@H](O)OCCCC(C)(O)C(=O)[C@H](C)[C@@H](OC(C)=O)[C@@H](C)COC(=O)[C@H](C)[C@H](CC)OCC[C@H](OC)[C@@H](OC(C)=O)[C@H](C)O)N(C)C. The maximum atomic E-state index is 13.6. The molecule has 3 N–H and O–H groups in total. The van der Waals surface area contributed by atoms with E-state index in [1.54, 1.807) is 13.8 Å². The summed E-state index contributed by atoms with van der Waals surface area (Å²) in [5, 5.41) is 32.0. The first-order valence-electron chi connectivity index (χ1n) is 19.3. The molecular formula is C39H71NO15. The van der Waals surface area contributed by atoms with Gasteiger partial charge in [-0.1, -0.05) is 34.1 Å². The van der Waals surface area contributed by atoms with E-state index in [2.05, 4.69) is 0 Å². The van der Waals surface area contributed by atoms with E-state index in [1.807, 2.05) is 32.8 Å². The van der Waals surface area contributed by atoms with Gasteiger partial charge in [-0.2, -0.15) is 0 Å². The number of esters is 4. The molecular weight excluding hydrogens is 722 g/mol. The van der Waals surface area contributed by atoms with Crippen molar-refractivity contribution in [3.8, 4) is 0 Å². The lowest BCUT2D eigenvalue weighted by molar-refractivity contribution is -0.201. The van der Waals surface area contributed by atoms with Crippen LogP contribution in [0.1, 0.15) is 108 Å². The number of aliphatic hydroxyl groups is 3. The summed E-state index contributed by atoms with van der Waals surface area (Å²) < 4.78 is 38.7. The highest BCUT2D eigenvalue weighted by Crippen LogP contribution is 2.27. The smallest absolute Gasteiger partial charge is 0.311 e. The van der Waals surface area contributed by atoms with Crippen LogP contribution in [0.25, 0.3) is 0 Å². The molecule has 0 aromatic rings. The van der Waals surface area contributed by atoms with Gasteiger partial charge >= 0.3 is 23.9 Å². The largest absolute Gasteiger partial charge is 0.465 e. The first kappa shape index (κ1) is 52.3. The zero-order chi connectivity index (χ0) is 42.6. The molecule has 0 aliphatic heterocycles. The van der Waals surface area contributed by atoms with Crippen molar-refractivity contribution >= 4 is 29.7 Å². The number of rotatable bonds is 29. The Hall–Kier alpha value is -2.73. The predicted octanol–water partition coefficient (Wildman–Crippen LogP) is 2.98. The van der Waals surface area contributed by atoms with E-state index in [0.29, 0.717) is 12.8 Å². The van der Waals surface area contributed by atoms with Crippen LogP contribution in [0.5, 0.6) is 0 Å². The summed E-state index contributed by atoms with van der Waals surface area (Å²) in [5.41, 5.74) is -1.86. The molecule has 0 bridgehead atoms. The molecule has 55 heavy (non-hydrogen) atoms. The molecule has 0 amide bonds. The fourth-order valence-corrected chi connectivity index (χ4v) is 6.55. The molecule has 0 aliphatic rings. The minimum absolute atomic E-state index is 0.0478. The molecule has 0 aliphatic carbocycles. The predicted molar refractivity (Wildman–Crippen MR) is 201 cm³/mol. The van der Waals surface area contributed by atoms with E-state index in [9.17, 15) is 39.3 Å². The number of likely N-dealkylation sites (N-methyl/N-ethyl adjacent to an activating group) is 1. The van der Waals surface area contributed by atoms with Gasteiger partial charge in [0.05, 0.1) is 49.4 Å². The van der Waals surface area contributed by atoms with Crippen molar-refractivity contribution in [2.24, 2.45) is 17.8 Å². The normalized spacial score (nSPS) is 18.9. The first-order valence-corrected chi connectivity index (χ1v) is 19.3. The minimum Gasteiger partial charge on any atom is -0.465 e. The summed E-state index contributed by atoms with van der Waals surface area (Å²) in [5.74, 6) is -5.26. The second-order valence-electron chi connectivity index (χ2n) is 14.9. The second-order valence-corrected chi connectivity index (χ2v) is 14.9. The Balaban J connectivity index is 5.43. The maximum absolute atomic E-state index is 13.6. The molecule has 16 heteroatoms. The molecule has 0 spiro atoms. The molecule has 0 fully saturated rings. The Labute approximate surface area is 327 Å². The Morgan fingerprint density at radius 3 is 1.76 bits per heavy atom. The summed E-state index contributed by atoms with van der Waals surface area (Å²) in [6.45, 7) is 15.1. The molecule has 322 valence electrons. The average molecular weight is 794 g/mol. The van der Waals surface area contributed by atoms with E-state index in [1.165, 1.54) is 48.7 Å². The lowest BCUT2D eigenvalue weighted by Crippen LogP contribution is -2.49. The van der Waals surface area contributed by atoms with Crippen LogP contribution >= 0.6 is 0 Å². The van der Waals surface area contributed by atoms with Gasteiger partial charge in [-0.05, 0) is 60.5 Å². The summed E-state index contributed by atoms with van der Waals surface area (Å²) in [7, 11) is 5.06. The molecule has 0 aromatic carbocycles. The van der Waals surface area contributed by atoms with Crippen LogP contribution in [0.2, 0.25) is 0 Å². The summed E-state index contributed by atoms with van der Waals surface area (Å²) in [6.07, 6.45) is -4.20. The van der Waals surface area contributed by atoms with Gasteiger partial charge in [-0.15, -0.1) is 0 Å². The third kappa shape index (κ3) is 18.8. The third-order valence-electron chi connectivity index (χ3n) is 9.61. The van der Waals surface area contributed by atoms with E-state index in [0.717, 1.165) is 6.42 Å². The Kier molecular flexibility index (Phi) is 24.9. The number of ether oxygens (including phenoxy) is 7. The molecule has 0 saturated carbocycles. The van der Waals surface area contributed by atoms with Crippen molar-refractivity contribution in [3.05, 3.63) is 0 Å². The molecule has 0 saturated heterocycles. The van der Waals surface area contributed by atoms with Crippen LogP contribution in [-0.2, 0) is 57.1 Å². The maximum Gasteiger partial charge on any atom is 0.311 e. The van der Waals surface area contributed by atoms with Crippen LogP contribution in [0.4, 0.5) is 0 Å². The number of hydrogen-bond acceptors (Lipinski definition) is 16. The number of Topliss-reactive ketones (excluding diaryl/α,β-unsaturated/α-hetero) is 1. The highest BCUT2D eigenvalue weighted by molar-refractivity contribution is 5.89. The number of methoxy groups -OCH3 is 1. The number of nitrogens with zero attached hydrogens (tertiary/aromatic N) is 1. The Morgan fingerprint density at radius 1 is 0.745 bits per heavy atom. The number of hydrogen-bond donors (Lipinski definition) is 3. The van der Waals surface area contributed by atoms with E-state index < -0.39 is 95.9 Å². The standard InChI is InChI=1S/C39H71NO15/c1-14-17-30(40(11)12)35(55-29(9)44)38(47)51-20-16-19-39(10,48)36(45)25(5)33(53-27(7)42)23(3)22-52-37(46)24(4)31(15-2)50-21-18-32(49-13)34(26(6)41)54-28(8)43/h23-26,30-35,38,41,47-48H,14-22H2,1-13H3/t23-,24+,25+,26-,30-,31-,32-,33-,34-,35+,38-,39?/m0/s1. The topological polar surface area (TPSA) is 214 Å². The lowest BCUT2D eigenvalue weighted by atomic mass is 9.81. The van der Waals surface area contributed by atoms with Gasteiger partial charge < -0.3 is 53.4 Å². The van der Waals surface area contributed by atoms with Gasteiger partial charge in [-0.25, -0.2) is 0 Å². The van der Waals surface area contributed by atoms with Gasteiger partial charge in [0.2, 0.25) is 0 Å². The quantitative estimate of drug-likeness (QED) is 0.0430. The lowest BCUT2D eigenvalue weighted by Gasteiger charge is -2.34. The minimum atomic E-state index is -1.86. The van der Waals surface area contributed by atoms with Crippen molar-refractivity contribution < 1.29 is 72.5 Å². The molecule has 0 aromatic heterocycles. The van der Waals surface area contributed by atoms with E-state index >= 15 is 0 Å². The third-order valence-corrected chi connectivity index (χ3v) is 9.61. The van der Waals surface area contributed by atoms with Crippen LogP contribution in [0, 0.1) is 17.8 Å². The first-order chi connectivity index (χ1) is 25.5. The monoisotopic (exact) mass is 793 g/mol. The van der Waals surface area contributed by atoms with Crippen LogP contribution in [0.15, 0.2) is 0 Å². The summed E-state index contributed by atoms with van der Waals surface area (Å²) >= 11 is 0. The van der Waals surface area contributed by atoms with Gasteiger partial charge in [0, 0.05) is 46.8 Å². The molecule has 0 heterocycles. The summed E-state index contributed by atoms with van der Waals surface area (Å²) in [6, 6.07) is -0.302. The number of ketones is 1. The molecule has 1 unspecified atom stereocenters. The molecule has 0 rings (SSSR count). The van der Waals surface area contributed by atoms with Gasteiger partial charge in [0.25, 0.3) is 0 Å². The van der Waals surface area contributed by atoms with Crippen molar-refractivity contribution in [1.82, 2.24) is 4.90 Å². The van der Waals surface area contributed by atoms with Crippen LogP contribution < -0.4 is 0 Å². The highest BCUT2D eigenvalue weighted by Gasteiger charge is 2.41. The molecule has 12 atom stereocenters. The molecule has 16 nitrogen and oxygen atoms in total. The fourth-order valence-electron chi connectivity index (χ4n) is 6.55. The van der Waals surface area contributed by atoms with Crippen molar-refractivity contribution in [3.63, 3.8) is 0 Å². The van der Waals surface area contributed by atoms with Crippen LogP contribution in [-0.4, -0.2) is 145 Å². The number of carbonyl (C=O) groups is 5. The number of carbonyl (C=O) groups excluding carboxylic acids is 5. The second kappa shape index (κ2) is 26.2. The van der Waals surface area contributed by atoms with Gasteiger partial charge in [0.15, 0.2) is 24.3 Å². The zero-order valence-corrected chi connectivity index (χ0v) is 35.4. The summed E-state index contributed by atoms with van der Waals surface area (Å²) in [4.78, 5) is 63.9. The Bertz CT molecular complexity index is 1160. The van der Waals surface area contributed by atoms with Crippen molar-refractivity contribution in [2.75, 3.05) is 41.0 Å².